The van der Waals surface area contributed by atoms with E-state index >= 15 is 0 Å². The highest BCUT2D eigenvalue weighted by atomic mass is 16.2. The SMILES string of the molecule is O=C(Cn1nc(C2CC2)ccc1=O)N1CCC(Cc2ccccc2)CC1. The van der Waals surface area contributed by atoms with Gasteiger partial charge < -0.3 is 4.90 Å². The summed E-state index contributed by atoms with van der Waals surface area (Å²) in [4.78, 5) is 26.5. The molecular formula is C21H25N3O2. The van der Waals surface area contributed by atoms with Crippen LogP contribution in [0.25, 0.3) is 0 Å². The Labute approximate surface area is 153 Å². The number of hydrogen-bond donors (Lipinski definition) is 0. The van der Waals surface area contributed by atoms with Crippen molar-refractivity contribution in [3.8, 4) is 0 Å². The van der Waals surface area contributed by atoms with Crippen LogP contribution in [0.5, 0.6) is 0 Å². The zero-order chi connectivity index (χ0) is 17.9. The number of amides is 1. The molecule has 1 aromatic heterocycles. The number of carbonyl (C=O) groups excluding carboxylic acids is 1. The normalized spacial score (nSPS) is 18.1. The number of likely N-dealkylation sites (tertiary alicyclic amines) is 1. The Balaban J connectivity index is 1.32. The summed E-state index contributed by atoms with van der Waals surface area (Å²) in [6.45, 7) is 1.60. The fraction of sp³-hybridized carbons (Fsp3) is 0.476. The predicted molar refractivity (Wildman–Crippen MR) is 99.9 cm³/mol. The minimum Gasteiger partial charge on any atom is -0.341 e. The van der Waals surface area contributed by atoms with Gasteiger partial charge in [0.2, 0.25) is 5.91 Å². The van der Waals surface area contributed by atoms with Gasteiger partial charge >= 0.3 is 0 Å². The zero-order valence-electron chi connectivity index (χ0n) is 15.0. The fourth-order valence-corrected chi connectivity index (χ4v) is 3.74. The lowest BCUT2D eigenvalue weighted by atomic mass is 9.90. The van der Waals surface area contributed by atoms with Crippen LogP contribution in [0, 0.1) is 5.92 Å². The molecule has 0 spiro atoms. The molecule has 0 unspecified atom stereocenters. The number of rotatable bonds is 5. The van der Waals surface area contributed by atoms with Crippen molar-refractivity contribution in [1.29, 1.82) is 0 Å². The molecule has 1 aliphatic carbocycles. The highest BCUT2D eigenvalue weighted by Crippen LogP contribution is 2.38. The quantitative estimate of drug-likeness (QED) is 0.832. The Morgan fingerprint density at radius 1 is 1.00 bits per heavy atom. The maximum atomic E-state index is 12.6. The largest absolute Gasteiger partial charge is 0.341 e. The molecule has 1 amide bonds. The van der Waals surface area contributed by atoms with Crippen LogP contribution in [0.1, 0.15) is 42.9 Å². The monoisotopic (exact) mass is 351 g/mol. The van der Waals surface area contributed by atoms with Gasteiger partial charge in [0.15, 0.2) is 0 Å². The van der Waals surface area contributed by atoms with Gasteiger partial charge in [0.1, 0.15) is 6.54 Å². The third-order valence-electron chi connectivity index (χ3n) is 5.50. The van der Waals surface area contributed by atoms with Crippen LogP contribution >= 0.6 is 0 Å². The molecule has 1 saturated carbocycles. The number of benzene rings is 1. The van der Waals surface area contributed by atoms with Gasteiger partial charge in [-0.15, -0.1) is 0 Å². The third kappa shape index (κ3) is 4.03. The number of nitrogens with zero attached hydrogens (tertiary/aromatic N) is 3. The van der Waals surface area contributed by atoms with Crippen molar-refractivity contribution < 1.29 is 4.79 Å². The highest BCUT2D eigenvalue weighted by Gasteiger charge is 2.27. The van der Waals surface area contributed by atoms with Crippen molar-refractivity contribution >= 4 is 5.91 Å². The molecule has 5 heteroatoms. The molecule has 2 aliphatic rings. The first-order valence-corrected chi connectivity index (χ1v) is 9.59. The van der Waals surface area contributed by atoms with E-state index in [1.54, 1.807) is 12.1 Å². The molecule has 1 aliphatic heterocycles. The van der Waals surface area contributed by atoms with Gasteiger partial charge in [-0.05, 0) is 49.7 Å². The van der Waals surface area contributed by atoms with Crippen LogP contribution < -0.4 is 5.56 Å². The van der Waals surface area contributed by atoms with Gasteiger partial charge in [0, 0.05) is 25.1 Å². The van der Waals surface area contributed by atoms with Crippen LogP contribution in [0.4, 0.5) is 0 Å². The predicted octanol–water partition coefficient (Wildman–Crippen LogP) is 2.60. The molecule has 26 heavy (non-hydrogen) atoms. The lowest BCUT2D eigenvalue weighted by Gasteiger charge is -2.32. The lowest BCUT2D eigenvalue weighted by Crippen LogP contribution is -2.42. The highest BCUT2D eigenvalue weighted by molar-refractivity contribution is 5.76. The minimum atomic E-state index is -0.193. The topological polar surface area (TPSA) is 55.2 Å². The Bertz CT molecular complexity index is 819. The van der Waals surface area contributed by atoms with E-state index in [0.717, 1.165) is 50.9 Å². The summed E-state index contributed by atoms with van der Waals surface area (Å²) in [5, 5.41) is 4.40. The van der Waals surface area contributed by atoms with Crippen LogP contribution in [-0.4, -0.2) is 33.7 Å². The van der Waals surface area contributed by atoms with Crippen LogP contribution in [0.2, 0.25) is 0 Å². The van der Waals surface area contributed by atoms with Gasteiger partial charge in [-0.2, -0.15) is 5.10 Å². The summed E-state index contributed by atoms with van der Waals surface area (Å²) in [7, 11) is 0. The van der Waals surface area contributed by atoms with Gasteiger partial charge in [0.05, 0.1) is 5.69 Å². The molecule has 2 heterocycles. The van der Waals surface area contributed by atoms with Crippen LogP contribution in [-0.2, 0) is 17.8 Å². The lowest BCUT2D eigenvalue weighted by molar-refractivity contribution is -0.133. The Morgan fingerprint density at radius 3 is 2.42 bits per heavy atom. The van der Waals surface area contributed by atoms with Crippen molar-refractivity contribution in [3.63, 3.8) is 0 Å². The third-order valence-corrected chi connectivity index (χ3v) is 5.50. The minimum absolute atomic E-state index is 0.00529. The molecule has 1 aromatic carbocycles. The molecule has 0 atom stereocenters. The van der Waals surface area contributed by atoms with Gasteiger partial charge in [-0.1, -0.05) is 30.3 Å². The van der Waals surface area contributed by atoms with E-state index in [9.17, 15) is 9.59 Å². The van der Waals surface area contributed by atoms with Crippen molar-refractivity contribution in [2.75, 3.05) is 13.1 Å². The standard InChI is InChI=1S/C21H25N3O2/c25-20-9-8-19(18-6-7-18)22-24(20)15-21(26)23-12-10-17(11-13-23)14-16-4-2-1-3-5-16/h1-5,8-9,17-18H,6-7,10-15H2. The number of hydrogen-bond acceptors (Lipinski definition) is 3. The molecule has 5 nitrogen and oxygen atoms in total. The number of piperidine rings is 1. The summed E-state index contributed by atoms with van der Waals surface area (Å²) in [5.74, 6) is 1.11. The molecule has 0 bridgehead atoms. The molecule has 136 valence electrons. The van der Waals surface area contributed by atoms with E-state index in [-0.39, 0.29) is 18.0 Å². The van der Waals surface area contributed by atoms with Crippen molar-refractivity contribution in [2.24, 2.45) is 5.92 Å². The summed E-state index contributed by atoms with van der Waals surface area (Å²) in [5.41, 5.74) is 2.12. The van der Waals surface area contributed by atoms with Gasteiger partial charge in [-0.3, -0.25) is 9.59 Å². The molecule has 2 aromatic rings. The second-order valence-corrected chi connectivity index (χ2v) is 7.54. The number of carbonyl (C=O) groups is 1. The van der Waals surface area contributed by atoms with E-state index < -0.39 is 0 Å². The maximum absolute atomic E-state index is 12.6. The van der Waals surface area contributed by atoms with Gasteiger partial charge in [0.25, 0.3) is 5.56 Å². The molecule has 2 fully saturated rings. The van der Waals surface area contributed by atoms with E-state index in [0.29, 0.717) is 11.8 Å². The van der Waals surface area contributed by atoms with E-state index in [4.69, 9.17) is 0 Å². The molecule has 0 N–H and O–H groups in total. The fourth-order valence-electron chi connectivity index (χ4n) is 3.74. The second-order valence-electron chi connectivity index (χ2n) is 7.54. The number of aromatic nitrogens is 2. The Morgan fingerprint density at radius 2 is 1.73 bits per heavy atom. The first-order chi connectivity index (χ1) is 12.7. The van der Waals surface area contributed by atoms with Crippen molar-refractivity contribution in [2.45, 2.75) is 44.6 Å². The van der Waals surface area contributed by atoms with E-state index in [1.165, 1.54) is 10.2 Å². The van der Waals surface area contributed by atoms with Gasteiger partial charge in [-0.25, -0.2) is 4.68 Å². The first-order valence-electron chi connectivity index (χ1n) is 9.59. The Hall–Kier alpha value is -2.43. The van der Waals surface area contributed by atoms with Crippen molar-refractivity contribution in [3.05, 3.63) is 64.1 Å². The van der Waals surface area contributed by atoms with E-state index in [1.807, 2.05) is 11.0 Å². The van der Waals surface area contributed by atoms with E-state index in [2.05, 4.69) is 29.4 Å². The zero-order valence-corrected chi connectivity index (χ0v) is 15.0. The summed E-state index contributed by atoms with van der Waals surface area (Å²) < 4.78 is 1.34. The summed E-state index contributed by atoms with van der Waals surface area (Å²) in [6, 6.07) is 13.9. The average molecular weight is 351 g/mol. The molecular weight excluding hydrogens is 326 g/mol. The van der Waals surface area contributed by atoms with Crippen LogP contribution in [0.15, 0.2) is 47.3 Å². The smallest absolute Gasteiger partial charge is 0.267 e. The molecule has 1 saturated heterocycles. The molecule has 0 radical (unpaired) electrons. The second kappa shape index (κ2) is 7.44. The Kier molecular flexibility index (Phi) is 4.87. The van der Waals surface area contributed by atoms with Crippen LogP contribution in [0.3, 0.4) is 0 Å². The summed E-state index contributed by atoms with van der Waals surface area (Å²) in [6.07, 6.45) is 5.38. The first kappa shape index (κ1) is 17.0. The van der Waals surface area contributed by atoms with Crippen molar-refractivity contribution in [1.82, 2.24) is 14.7 Å². The average Bonchev–Trinajstić information content (AvgIpc) is 3.50. The summed E-state index contributed by atoms with van der Waals surface area (Å²) >= 11 is 0. The molecule has 4 rings (SSSR count). The maximum Gasteiger partial charge on any atom is 0.267 e.